The first-order valence-corrected chi connectivity index (χ1v) is 10.3. The molecule has 0 unspecified atom stereocenters. The van der Waals surface area contributed by atoms with E-state index in [4.69, 9.17) is 4.98 Å². The van der Waals surface area contributed by atoms with Gasteiger partial charge in [0.1, 0.15) is 5.82 Å². The second-order valence-corrected chi connectivity index (χ2v) is 8.58. The number of hydrogen-bond acceptors (Lipinski definition) is 4. The Morgan fingerprint density at radius 2 is 1.88 bits per heavy atom. The molecule has 5 rings (SSSR count). The van der Waals surface area contributed by atoms with Crippen molar-refractivity contribution < 1.29 is 4.79 Å². The Labute approximate surface area is 154 Å². The van der Waals surface area contributed by atoms with Crippen molar-refractivity contribution in [2.75, 3.05) is 19.6 Å². The van der Waals surface area contributed by atoms with Crippen LogP contribution in [0.1, 0.15) is 67.9 Å². The molecule has 0 bridgehead atoms. The molecule has 2 aliphatic carbocycles. The van der Waals surface area contributed by atoms with E-state index in [2.05, 4.69) is 9.88 Å². The van der Waals surface area contributed by atoms with Gasteiger partial charge in [-0.15, -0.1) is 0 Å². The van der Waals surface area contributed by atoms with Crippen LogP contribution >= 0.6 is 0 Å². The minimum Gasteiger partial charge on any atom is -0.342 e. The minimum atomic E-state index is 0.0445. The normalized spacial score (nSPS) is 27.1. The Balaban J connectivity index is 1.34. The molecule has 26 heavy (non-hydrogen) atoms. The Morgan fingerprint density at radius 3 is 2.65 bits per heavy atom. The molecule has 1 amide bonds. The molecule has 1 atom stereocenters. The molecule has 0 aromatic carbocycles. The third-order valence-corrected chi connectivity index (χ3v) is 6.78. The fourth-order valence-corrected chi connectivity index (χ4v) is 5.03. The minimum absolute atomic E-state index is 0.0445. The van der Waals surface area contributed by atoms with E-state index >= 15 is 0 Å². The van der Waals surface area contributed by atoms with Gasteiger partial charge in [-0.1, -0.05) is 12.8 Å². The molecule has 3 heterocycles. The maximum atomic E-state index is 12.6. The van der Waals surface area contributed by atoms with Gasteiger partial charge in [0.05, 0.1) is 5.69 Å². The lowest BCUT2D eigenvalue weighted by atomic mass is 10.0. The highest BCUT2D eigenvalue weighted by Gasteiger charge is 2.38. The van der Waals surface area contributed by atoms with E-state index in [-0.39, 0.29) is 17.4 Å². The molecule has 6 nitrogen and oxygen atoms in total. The summed E-state index contributed by atoms with van der Waals surface area (Å²) in [4.78, 5) is 37.4. The monoisotopic (exact) mass is 356 g/mol. The zero-order chi connectivity index (χ0) is 17.7. The molecule has 6 heteroatoms. The standard InChI is InChI=1S/C20H28N4O2/c25-19-16-8-10-23(15-3-1-2-4-15)12-17(16)21-18(22-19)14-7-9-24(11-14)20(26)13-5-6-13/h13-15H,1-12H2,(H,21,22,25)/t14-/m1/s1. The first-order chi connectivity index (χ1) is 12.7. The number of carbonyl (C=O) groups excluding carboxylic acids is 1. The van der Waals surface area contributed by atoms with Crippen LogP contribution in [0, 0.1) is 5.92 Å². The van der Waals surface area contributed by atoms with Crippen molar-refractivity contribution in [2.24, 2.45) is 5.92 Å². The van der Waals surface area contributed by atoms with Crippen molar-refractivity contribution in [1.29, 1.82) is 0 Å². The number of amides is 1. The van der Waals surface area contributed by atoms with Gasteiger partial charge >= 0.3 is 0 Å². The summed E-state index contributed by atoms with van der Waals surface area (Å²) in [7, 11) is 0. The van der Waals surface area contributed by atoms with E-state index in [1.54, 1.807) is 0 Å². The van der Waals surface area contributed by atoms with Crippen molar-refractivity contribution in [3.8, 4) is 0 Å². The number of aromatic amines is 1. The molecule has 0 radical (unpaired) electrons. The highest BCUT2D eigenvalue weighted by Crippen LogP contribution is 2.34. The molecule has 1 saturated heterocycles. The van der Waals surface area contributed by atoms with Crippen molar-refractivity contribution in [3.05, 3.63) is 27.4 Å². The highest BCUT2D eigenvalue weighted by molar-refractivity contribution is 5.81. The first kappa shape index (κ1) is 16.5. The lowest BCUT2D eigenvalue weighted by Crippen LogP contribution is -2.41. The second kappa shape index (κ2) is 6.48. The van der Waals surface area contributed by atoms with Crippen molar-refractivity contribution in [2.45, 2.75) is 69.9 Å². The molecule has 1 aromatic heterocycles. The van der Waals surface area contributed by atoms with Crippen molar-refractivity contribution in [1.82, 2.24) is 19.8 Å². The number of fused-ring (bicyclic) bond motifs is 1. The summed E-state index contributed by atoms with van der Waals surface area (Å²) in [6.07, 6.45) is 9.04. The van der Waals surface area contributed by atoms with E-state index in [1.807, 2.05) is 4.90 Å². The average molecular weight is 356 g/mol. The molecule has 2 aliphatic heterocycles. The Hall–Kier alpha value is -1.69. The number of carbonyl (C=O) groups is 1. The van der Waals surface area contributed by atoms with Gasteiger partial charge in [0, 0.05) is 49.6 Å². The maximum absolute atomic E-state index is 12.6. The Morgan fingerprint density at radius 1 is 1.08 bits per heavy atom. The van der Waals surface area contributed by atoms with Crippen LogP contribution in [0.3, 0.4) is 0 Å². The van der Waals surface area contributed by atoms with Crippen LogP contribution in [0.2, 0.25) is 0 Å². The molecule has 140 valence electrons. The molecular formula is C20H28N4O2. The van der Waals surface area contributed by atoms with E-state index in [0.29, 0.717) is 18.5 Å². The smallest absolute Gasteiger partial charge is 0.254 e. The van der Waals surface area contributed by atoms with Gasteiger partial charge in [0.15, 0.2) is 0 Å². The van der Waals surface area contributed by atoms with E-state index < -0.39 is 0 Å². The van der Waals surface area contributed by atoms with Gasteiger partial charge in [-0.2, -0.15) is 0 Å². The van der Waals surface area contributed by atoms with Crippen LogP contribution in [0.4, 0.5) is 0 Å². The van der Waals surface area contributed by atoms with Crippen LogP contribution in [-0.2, 0) is 17.8 Å². The number of hydrogen-bond donors (Lipinski definition) is 1. The number of H-pyrrole nitrogens is 1. The summed E-state index contributed by atoms with van der Waals surface area (Å²) in [6, 6.07) is 0.672. The lowest BCUT2D eigenvalue weighted by molar-refractivity contribution is -0.131. The number of aromatic nitrogens is 2. The fourth-order valence-electron chi connectivity index (χ4n) is 5.03. The van der Waals surface area contributed by atoms with Gasteiger partial charge in [-0.05, 0) is 38.5 Å². The number of likely N-dealkylation sites (tertiary alicyclic amines) is 1. The summed E-state index contributed by atoms with van der Waals surface area (Å²) in [5.41, 5.74) is 1.91. The van der Waals surface area contributed by atoms with Gasteiger partial charge in [0.2, 0.25) is 5.91 Å². The van der Waals surface area contributed by atoms with Crippen LogP contribution in [-0.4, -0.2) is 51.4 Å². The predicted octanol–water partition coefficient (Wildman–Crippen LogP) is 1.80. The van der Waals surface area contributed by atoms with E-state index in [1.165, 1.54) is 25.7 Å². The SMILES string of the molecule is O=C(C1CC1)N1CC[C@@H](c2nc3c(c(=O)[nH]2)CCN(C2CCCC2)C3)C1. The largest absolute Gasteiger partial charge is 0.342 e. The summed E-state index contributed by atoms with van der Waals surface area (Å²) in [6.45, 7) is 3.31. The van der Waals surface area contributed by atoms with Crippen LogP contribution in [0.25, 0.3) is 0 Å². The first-order valence-electron chi connectivity index (χ1n) is 10.3. The lowest BCUT2D eigenvalue weighted by Gasteiger charge is -2.32. The van der Waals surface area contributed by atoms with Crippen LogP contribution < -0.4 is 5.56 Å². The summed E-state index contributed by atoms with van der Waals surface area (Å²) in [5, 5.41) is 0. The quantitative estimate of drug-likeness (QED) is 0.897. The Kier molecular flexibility index (Phi) is 4.11. The third-order valence-electron chi connectivity index (χ3n) is 6.78. The van der Waals surface area contributed by atoms with Gasteiger partial charge in [-0.25, -0.2) is 4.98 Å². The highest BCUT2D eigenvalue weighted by atomic mass is 16.2. The zero-order valence-corrected chi connectivity index (χ0v) is 15.4. The van der Waals surface area contributed by atoms with E-state index in [0.717, 1.165) is 62.4 Å². The summed E-state index contributed by atoms with van der Waals surface area (Å²) >= 11 is 0. The zero-order valence-electron chi connectivity index (χ0n) is 15.4. The topological polar surface area (TPSA) is 69.3 Å². The van der Waals surface area contributed by atoms with Crippen LogP contribution in [0.5, 0.6) is 0 Å². The van der Waals surface area contributed by atoms with Gasteiger partial charge in [-0.3, -0.25) is 14.5 Å². The second-order valence-electron chi connectivity index (χ2n) is 8.58. The molecule has 4 aliphatic rings. The fraction of sp³-hybridized carbons (Fsp3) is 0.750. The van der Waals surface area contributed by atoms with E-state index in [9.17, 15) is 9.59 Å². The number of nitrogens with one attached hydrogen (secondary N) is 1. The Bertz CT molecular complexity index is 764. The predicted molar refractivity (Wildman–Crippen MR) is 97.9 cm³/mol. The van der Waals surface area contributed by atoms with Gasteiger partial charge in [0.25, 0.3) is 5.56 Å². The number of rotatable bonds is 3. The van der Waals surface area contributed by atoms with Crippen LogP contribution in [0.15, 0.2) is 4.79 Å². The molecule has 2 saturated carbocycles. The summed E-state index contributed by atoms with van der Waals surface area (Å²) < 4.78 is 0. The number of nitrogens with zero attached hydrogens (tertiary/aromatic N) is 3. The third kappa shape index (κ3) is 2.98. The molecular weight excluding hydrogens is 328 g/mol. The molecule has 0 spiro atoms. The average Bonchev–Trinajstić information content (AvgIpc) is 3.15. The van der Waals surface area contributed by atoms with Crippen molar-refractivity contribution >= 4 is 5.91 Å². The molecule has 1 N–H and O–H groups in total. The molecule has 1 aromatic rings. The van der Waals surface area contributed by atoms with Crippen molar-refractivity contribution in [3.63, 3.8) is 0 Å². The summed E-state index contributed by atoms with van der Waals surface area (Å²) in [5.74, 6) is 1.55. The molecule has 3 fully saturated rings. The maximum Gasteiger partial charge on any atom is 0.254 e. The van der Waals surface area contributed by atoms with Gasteiger partial charge < -0.3 is 9.88 Å².